The molecule has 0 spiro atoms. The highest BCUT2D eigenvalue weighted by Crippen LogP contribution is 2.16. The molecule has 27 heavy (non-hydrogen) atoms. The van der Waals surface area contributed by atoms with Crippen LogP contribution >= 0.6 is 0 Å². The molecule has 3 rings (SSSR count). The second-order valence-corrected chi connectivity index (χ2v) is 7.12. The number of piperazine rings is 1. The molecule has 0 amide bonds. The highest BCUT2D eigenvalue weighted by atomic mass is 19.1. The van der Waals surface area contributed by atoms with Gasteiger partial charge >= 0.3 is 0 Å². The molecule has 1 aromatic heterocycles. The van der Waals surface area contributed by atoms with Gasteiger partial charge in [-0.1, -0.05) is 30.4 Å². The first-order valence-corrected chi connectivity index (χ1v) is 9.56. The van der Waals surface area contributed by atoms with Crippen molar-refractivity contribution in [3.8, 4) is 0 Å². The zero-order valence-electron chi connectivity index (χ0n) is 15.9. The van der Waals surface area contributed by atoms with Gasteiger partial charge in [-0.3, -0.25) is 14.8 Å². The van der Waals surface area contributed by atoms with E-state index in [1.165, 1.54) is 12.1 Å². The summed E-state index contributed by atoms with van der Waals surface area (Å²) in [7, 11) is 0. The number of rotatable bonds is 7. The Kier molecular flexibility index (Phi) is 7.10. The molecule has 1 saturated heterocycles. The summed E-state index contributed by atoms with van der Waals surface area (Å²) in [6.45, 7) is 6.77. The lowest BCUT2D eigenvalue weighted by Gasteiger charge is -2.41. The van der Waals surface area contributed by atoms with Crippen LogP contribution in [0.5, 0.6) is 0 Å². The van der Waals surface area contributed by atoms with Crippen molar-refractivity contribution >= 4 is 6.08 Å². The highest BCUT2D eigenvalue weighted by Gasteiger charge is 2.26. The van der Waals surface area contributed by atoms with E-state index in [-0.39, 0.29) is 12.4 Å². The van der Waals surface area contributed by atoms with Crippen LogP contribution in [0, 0.1) is 12.7 Å². The van der Waals surface area contributed by atoms with Gasteiger partial charge in [0.2, 0.25) is 0 Å². The van der Waals surface area contributed by atoms with Crippen molar-refractivity contribution in [2.24, 2.45) is 0 Å². The first-order chi connectivity index (χ1) is 13.1. The number of halogens is 1. The number of aromatic nitrogens is 1. The molecule has 1 aliphatic heterocycles. The van der Waals surface area contributed by atoms with Crippen molar-refractivity contribution in [3.63, 3.8) is 0 Å². The van der Waals surface area contributed by atoms with Gasteiger partial charge in [0.15, 0.2) is 0 Å². The lowest BCUT2D eigenvalue weighted by Crippen LogP contribution is -2.52. The van der Waals surface area contributed by atoms with Gasteiger partial charge in [-0.15, -0.1) is 0 Å². The van der Waals surface area contributed by atoms with Crippen LogP contribution < -0.4 is 0 Å². The maximum absolute atomic E-state index is 13.0. The zero-order chi connectivity index (χ0) is 19.1. The summed E-state index contributed by atoms with van der Waals surface area (Å²) >= 11 is 0. The number of hydrogen-bond acceptors (Lipinski definition) is 4. The monoisotopic (exact) mass is 369 g/mol. The van der Waals surface area contributed by atoms with Gasteiger partial charge in [-0.05, 0) is 43.2 Å². The molecule has 2 aromatic rings. The average molecular weight is 369 g/mol. The van der Waals surface area contributed by atoms with E-state index in [2.05, 4.69) is 33.0 Å². The van der Waals surface area contributed by atoms with Crippen molar-refractivity contribution in [3.05, 3.63) is 71.3 Å². The lowest BCUT2D eigenvalue weighted by atomic mass is 10.1. The van der Waals surface area contributed by atoms with Crippen LogP contribution in [0.3, 0.4) is 0 Å². The van der Waals surface area contributed by atoms with Gasteiger partial charge in [0, 0.05) is 51.1 Å². The van der Waals surface area contributed by atoms with Gasteiger partial charge in [0.25, 0.3) is 0 Å². The molecule has 5 heteroatoms. The van der Waals surface area contributed by atoms with Crippen molar-refractivity contribution in [1.82, 2.24) is 14.8 Å². The average Bonchev–Trinajstić information content (AvgIpc) is 2.66. The molecule has 4 nitrogen and oxygen atoms in total. The van der Waals surface area contributed by atoms with Crippen molar-refractivity contribution in [2.45, 2.75) is 25.9 Å². The Morgan fingerprint density at radius 3 is 2.74 bits per heavy atom. The van der Waals surface area contributed by atoms with Crippen LogP contribution in [0.1, 0.15) is 23.4 Å². The van der Waals surface area contributed by atoms with E-state index in [0.717, 1.165) is 56.1 Å². The van der Waals surface area contributed by atoms with Gasteiger partial charge in [0.1, 0.15) is 5.82 Å². The predicted octanol–water partition coefficient (Wildman–Crippen LogP) is 3.11. The zero-order valence-corrected chi connectivity index (χ0v) is 15.9. The molecule has 0 radical (unpaired) electrons. The molecular weight excluding hydrogens is 341 g/mol. The number of aliphatic hydroxyl groups excluding tert-OH is 1. The molecule has 0 aliphatic carbocycles. The quantitative estimate of drug-likeness (QED) is 0.814. The molecule has 0 unspecified atom stereocenters. The number of pyridine rings is 1. The van der Waals surface area contributed by atoms with Crippen LogP contribution in [0.15, 0.2) is 48.5 Å². The Labute approximate surface area is 161 Å². The number of benzene rings is 1. The van der Waals surface area contributed by atoms with Crippen LogP contribution in [-0.2, 0) is 6.54 Å². The topological polar surface area (TPSA) is 39.6 Å². The number of aliphatic hydroxyl groups is 1. The Bertz CT molecular complexity index is 747. The van der Waals surface area contributed by atoms with Crippen molar-refractivity contribution in [2.75, 3.05) is 32.8 Å². The van der Waals surface area contributed by atoms with E-state index in [9.17, 15) is 9.50 Å². The SMILES string of the molecule is Cc1cccc(CN2CCN(C/C=C/c3ccc(F)cc3)C[C@@H]2CCO)n1. The summed E-state index contributed by atoms with van der Waals surface area (Å²) in [6.07, 6.45) is 4.93. The molecule has 144 valence electrons. The Balaban J connectivity index is 1.55. The molecule has 1 fully saturated rings. The molecule has 1 N–H and O–H groups in total. The minimum atomic E-state index is -0.210. The third-order valence-electron chi connectivity index (χ3n) is 5.01. The first kappa shape index (κ1) is 19.7. The summed E-state index contributed by atoms with van der Waals surface area (Å²) in [6, 6.07) is 13.0. The van der Waals surface area contributed by atoms with Gasteiger partial charge < -0.3 is 5.11 Å². The Hall–Kier alpha value is -2.08. The lowest BCUT2D eigenvalue weighted by molar-refractivity contribution is 0.0587. The molecular formula is C22H28FN3O. The maximum Gasteiger partial charge on any atom is 0.123 e. The molecule has 2 heterocycles. The Morgan fingerprint density at radius 1 is 1.19 bits per heavy atom. The summed E-state index contributed by atoms with van der Waals surface area (Å²) in [5.41, 5.74) is 3.13. The molecule has 1 aliphatic rings. The van der Waals surface area contributed by atoms with E-state index in [4.69, 9.17) is 0 Å². The van der Waals surface area contributed by atoms with Crippen LogP contribution in [0.4, 0.5) is 4.39 Å². The third kappa shape index (κ3) is 5.96. The fraction of sp³-hybridized carbons (Fsp3) is 0.409. The first-order valence-electron chi connectivity index (χ1n) is 9.56. The predicted molar refractivity (Wildman–Crippen MR) is 107 cm³/mol. The summed E-state index contributed by atoms with van der Waals surface area (Å²) in [4.78, 5) is 9.45. The van der Waals surface area contributed by atoms with Crippen LogP contribution in [0.2, 0.25) is 0 Å². The van der Waals surface area contributed by atoms with Crippen molar-refractivity contribution < 1.29 is 9.50 Å². The summed E-state index contributed by atoms with van der Waals surface area (Å²) in [5, 5.41) is 9.47. The van der Waals surface area contributed by atoms with Crippen molar-refractivity contribution in [1.29, 1.82) is 0 Å². The summed E-state index contributed by atoms with van der Waals surface area (Å²) < 4.78 is 13.0. The summed E-state index contributed by atoms with van der Waals surface area (Å²) in [5.74, 6) is -0.210. The van der Waals surface area contributed by atoms with Crippen LogP contribution in [-0.4, -0.2) is 58.7 Å². The van der Waals surface area contributed by atoms with E-state index < -0.39 is 0 Å². The number of nitrogens with zero attached hydrogens (tertiary/aromatic N) is 3. The maximum atomic E-state index is 13.0. The third-order valence-corrected chi connectivity index (χ3v) is 5.01. The fourth-order valence-corrected chi connectivity index (χ4v) is 3.56. The van der Waals surface area contributed by atoms with E-state index >= 15 is 0 Å². The van der Waals surface area contributed by atoms with E-state index in [1.54, 1.807) is 12.1 Å². The second kappa shape index (κ2) is 9.74. The Morgan fingerprint density at radius 2 is 2.00 bits per heavy atom. The molecule has 0 saturated carbocycles. The minimum absolute atomic E-state index is 0.196. The van der Waals surface area contributed by atoms with Gasteiger partial charge in [-0.25, -0.2) is 4.39 Å². The standard InChI is InChI=1S/C22H28FN3O/c1-18-4-2-6-21(24-18)16-26-14-13-25(17-22(26)11-15-27)12-3-5-19-7-9-20(23)10-8-19/h2-10,22,27H,11-17H2,1H3/b5-3+/t22-/m0/s1. The fourth-order valence-electron chi connectivity index (χ4n) is 3.56. The van der Waals surface area contributed by atoms with Crippen LogP contribution in [0.25, 0.3) is 6.08 Å². The molecule has 1 atom stereocenters. The van der Waals surface area contributed by atoms with Gasteiger partial charge in [0.05, 0.1) is 5.69 Å². The number of hydrogen-bond donors (Lipinski definition) is 1. The highest BCUT2D eigenvalue weighted by molar-refractivity contribution is 5.48. The minimum Gasteiger partial charge on any atom is -0.396 e. The largest absolute Gasteiger partial charge is 0.396 e. The van der Waals surface area contributed by atoms with E-state index in [1.807, 2.05) is 19.1 Å². The normalized spacial score (nSPS) is 19.0. The second-order valence-electron chi connectivity index (χ2n) is 7.12. The smallest absolute Gasteiger partial charge is 0.123 e. The van der Waals surface area contributed by atoms with Gasteiger partial charge in [-0.2, -0.15) is 0 Å². The molecule has 0 bridgehead atoms. The number of aryl methyl sites for hydroxylation is 1. The molecule has 1 aromatic carbocycles. The van der Waals surface area contributed by atoms with E-state index in [0.29, 0.717) is 6.04 Å².